The molecular formula is C15H18N4O3S. The number of carbonyl (C=O) groups is 1. The second kappa shape index (κ2) is 6.11. The van der Waals surface area contributed by atoms with E-state index in [0.29, 0.717) is 24.5 Å². The Morgan fingerprint density at radius 1 is 1.39 bits per heavy atom. The molecule has 0 radical (unpaired) electrons. The highest BCUT2D eigenvalue weighted by atomic mass is 32.2. The molecule has 0 spiro atoms. The standard InChI is InChI=1S/C15H18N4O3S/c1-23(21,22)13-9-17-18-14(13)11-5-4-8-19(10-11)15(20)12-6-2-3-7-16-12/h2-3,6-7,9,11H,4-5,8,10H2,1H3,(H,17,18)/t11-/m1/s1. The average Bonchev–Trinajstić information content (AvgIpc) is 3.05. The Morgan fingerprint density at radius 3 is 2.91 bits per heavy atom. The van der Waals surface area contributed by atoms with Gasteiger partial charge in [0.25, 0.3) is 5.91 Å². The summed E-state index contributed by atoms with van der Waals surface area (Å²) in [5.74, 6) is -0.195. The quantitative estimate of drug-likeness (QED) is 0.910. The van der Waals surface area contributed by atoms with Gasteiger partial charge in [-0.15, -0.1) is 0 Å². The number of likely N-dealkylation sites (tertiary alicyclic amines) is 1. The molecule has 0 unspecified atom stereocenters. The Morgan fingerprint density at radius 2 is 2.22 bits per heavy atom. The summed E-state index contributed by atoms with van der Waals surface area (Å²) in [6.45, 7) is 1.11. The molecule has 1 atom stereocenters. The average molecular weight is 334 g/mol. The van der Waals surface area contributed by atoms with Crippen LogP contribution in [0.25, 0.3) is 0 Å². The van der Waals surface area contributed by atoms with Crippen molar-refractivity contribution in [3.63, 3.8) is 0 Å². The molecule has 0 aromatic carbocycles. The van der Waals surface area contributed by atoms with Crippen LogP contribution < -0.4 is 0 Å². The molecule has 7 nitrogen and oxygen atoms in total. The summed E-state index contributed by atoms with van der Waals surface area (Å²) >= 11 is 0. The molecule has 3 rings (SSSR count). The number of nitrogens with zero attached hydrogens (tertiary/aromatic N) is 3. The molecule has 3 heterocycles. The normalized spacial score (nSPS) is 18.8. The number of rotatable bonds is 3. The van der Waals surface area contributed by atoms with Gasteiger partial charge < -0.3 is 4.90 Å². The zero-order chi connectivity index (χ0) is 16.4. The van der Waals surface area contributed by atoms with E-state index in [1.165, 1.54) is 12.5 Å². The van der Waals surface area contributed by atoms with E-state index in [0.717, 1.165) is 12.8 Å². The molecule has 0 bridgehead atoms. The van der Waals surface area contributed by atoms with E-state index < -0.39 is 9.84 Å². The molecule has 1 fully saturated rings. The van der Waals surface area contributed by atoms with Gasteiger partial charge >= 0.3 is 0 Å². The van der Waals surface area contributed by atoms with Crippen molar-refractivity contribution in [3.05, 3.63) is 42.0 Å². The first-order chi connectivity index (χ1) is 11.0. The van der Waals surface area contributed by atoms with E-state index in [-0.39, 0.29) is 16.7 Å². The number of aromatic nitrogens is 3. The van der Waals surface area contributed by atoms with Gasteiger partial charge in [0.1, 0.15) is 10.6 Å². The third kappa shape index (κ3) is 3.26. The lowest BCUT2D eigenvalue weighted by atomic mass is 9.94. The zero-order valence-electron chi connectivity index (χ0n) is 12.8. The van der Waals surface area contributed by atoms with Gasteiger partial charge in [0, 0.05) is 31.5 Å². The highest BCUT2D eigenvalue weighted by molar-refractivity contribution is 7.90. The molecule has 1 amide bonds. The summed E-state index contributed by atoms with van der Waals surface area (Å²) in [5.41, 5.74) is 0.993. The number of carbonyl (C=O) groups excluding carboxylic acids is 1. The molecule has 0 saturated carbocycles. The number of piperidine rings is 1. The van der Waals surface area contributed by atoms with Crippen LogP contribution in [0.4, 0.5) is 0 Å². The van der Waals surface area contributed by atoms with E-state index >= 15 is 0 Å². The minimum atomic E-state index is -3.34. The predicted molar refractivity (Wildman–Crippen MR) is 83.8 cm³/mol. The summed E-state index contributed by atoms with van der Waals surface area (Å²) in [6.07, 6.45) is 5.72. The fraction of sp³-hybridized carbons (Fsp3) is 0.400. The number of hydrogen-bond donors (Lipinski definition) is 1. The van der Waals surface area contributed by atoms with E-state index in [4.69, 9.17) is 0 Å². The van der Waals surface area contributed by atoms with Crippen molar-refractivity contribution in [3.8, 4) is 0 Å². The third-order valence-electron chi connectivity index (χ3n) is 4.03. The number of hydrogen-bond acceptors (Lipinski definition) is 5. The minimum Gasteiger partial charge on any atom is -0.337 e. The molecule has 1 aliphatic heterocycles. The lowest BCUT2D eigenvalue weighted by Gasteiger charge is -2.32. The Bertz CT molecular complexity index is 801. The van der Waals surface area contributed by atoms with Crippen LogP contribution in [0.3, 0.4) is 0 Å². The van der Waals surface area contributed by atoms with Crippen LogP contribution >= 0.6 is 0 Å². The van der Waals surface area contributed by atoms with Gasteiger partial charge in [0.15, 0.2) is 9.84 Å². The van der Waals surface area contributed by atoms with Crippen LogP contribution in [0.15, 0.2) is 35.5 Å². The van der Waals surface area contributed by atoms with Gasteiger partial charge in [-0.25, -0.2) is 8.42 Å². The number of H-pyrrole nitrogens is 1. The zero-order valence-corrected chi connectivity index (χ0v) is 13.6. The maximum absolute atomic E-state index is 12.5. The van der Waals surface area contributed by atoms with Crippen molar-refractivity contribution in [2.75, 3.05) is 19.3 Å². The second-order valence-electron chi connectivity index (χ2n) is 5.73. The highest BCUT2D eigenvalue weighted by Gasteiger charge is 2.30. The summed E-state index contributed by atoms with van der Waals surface area (Å²) in [4.78, 5) is 18.6. The Hall–Kier alpha value is -2.22. The first-order valence-corrected chi connectivity index (χ1v) is 9.29. The highest BCUT2D eigenvalue weighted by Crippen LogP contribution is 2.30. The maximum atomic E-state index is 12.5. The second-order valence-corrected chi connectivity index (χ2v) is 7.71. The van der Waals surface area contributed by atoms with Crippen LogP contribution in [0.2, 0.25) is 0 Å². The fourth-order valence-electron chi connectivity index (χ4n) is 2.92. The van der Waals surface area contributed by atoms with E-state index in [2.05, 4.69) is 15.2 Å². The monoisotopic (exact) mass is 334 g/mol. The summed E-state index contributed by atoms with van der Waals surface area (Å²) in [5, 5.41) is 6.67. The maximum Gasteiger partial charge on any atom is 0.272 e. The SMILES string of the molecule is CS(=O)(=O)c1cn[nH]c1[C@@H]1CCCN(C(=O)c2ccccn2)C1. The Balaban J connectivity index is 1.82. The largest absolute Gasteiger partial charge is 0.337 e. The van der Waals surface area contributed by atoms with E-state index in [1.807, 2.05) is 0 Å². The summed E-state index contributed by atoms with van der Waals surface area (Å²) < 4.78 is 23.7. The first-order valence-electron chi connectivity index (χ1n) is 7.40. The van der Waals surface area contributed by atoms with Crippen molar-refractivity contribution >= 4 is 15.7 Å². The van der Waals surface area contributed by atoms with Crippen LogP contribution in [0.1, 0.15) is 34.9 Å². The first kappa shape index (κ1) is 15.7. The lowest BCUT2D eigenvalue weighted by Crippen LogP contribution is -2.39. The van der Waals surface area contributed by atoms with Gasteiger partial charge in [-0.1, -0.05) is 6.07 Å². The minimum absolute atomic E-state index is 0.0661. The summed E-state index contributed by atoms with van der Waals surface area (Å²) in [6, 6.07) is 5.22. The number of aromatic amines is 1. The topological polar surface area (TPSA) is 96.0 Å². The van der Waals surface area contributed by atoms with Crippen molar-refractivity contribution in [2.45, 2.75) is 23.7 Å². The molecule has 0 aliphatic carbocycles. The number of amides is 1. The van der Waals surface area contributed by atoms with Crippen molar-refractivity contribution in [1.29, 1.82) is 0 Å². The third-order valence-corrected chi connectivity index (χ3v) is 5.16. The van der Waals surface area contributed by atoms with Crippen LogP contribution in [-0.2, 0) is 9.84 Å². The molecular weight excluding hydrogens is 316 g/mol. The molecule has 1 N–H and O–H groups in total. The van der Waals surface area contributed by atoms with Gasteiger partial charge in [-0.05, 0) is 25.0 Å². The number of sulfone groups is 1. The van der Waals surface area contributed by atoms with Gasteiger partial charge in [-0.2, -0.15) is 5.10 Å². The van der Waals surface area contributed by atoms with E-state index in [1.54, 1.807) is 29.3 Å². The molecule has 122 valence electrons. The van der Waals surface area contributed by atoms with Crippen molar-refractivity contribution < 1.29 is 13.2 Å². The van der Waals surface area contributed by atoms with Crippen molar-refractivity contribution in [2.24, 2.45) is 0 Å². The lowest BCUT2D eigenvalue weighted by molar-refractivity contribution is 0.0699. The number of nitrogens with one attached hydrogen (secondary N) is 1. The summed E-state index contributed by atoms with van der Waals surface area (Å²) in [7, 11) is -3.34. The molecule has 2 aromatic rings. The van der Waals surface area contributed by atoms with Gasteiger partial charge in [-0.3, -0.25) is 14.9 Å². The molecule has 8 heteroatoms. The molecule has 1 aliphatic rings. The van der Waals surface area contributed by atoms with Crippen LogP contribution in [0.5, 0.6) is 0 Å². The van der Waals surface area contributed by atoms with Gasteiger partial charge in [0.2, 0.25) is 0 Å². The van der Waals surface area contributed by atoms with Gasteiger partial charge in [0.05, 0.1) is 11.9 Å². The molecule has 1 saturated heterocycles. The fourth-order valence-corrected chi connectivity index (χ4v) is 3.78. The molecule has 2 aromatic heterocycles. The Kier molecular flexibility index (Phi) is 4.16. The van der Waals surface area contributed by atoms with Crippen LogP contribution in [-0.4, -0.2) is 53.8 Å². The van der Waals surface area contributed by atoms with Crippen LogP contribution in [0, 0.1) is 0 Å². The van der Waals surface area contributed by atoms with E-state index in [9.17, 15) is 13.2 Å². The van der Waals surface area contributed by atoms with Crippen molar-refractivity contribution in [1.82, 2.24) is 20.1 Å². The predicted octanol–water partition coefficient (Wildman–Crippen LogP) is 1.23. The Labute approximate surface area is 134 Å². The number of pyridine rings is 1. The smallest absolute Gasteiger partial charge is 0.272 e. The molecule has 23 heavy (non-hydrogen) atoms.